The lowest BCUT2D eigenvalue weighted by molar-refractivity contribution is -0.119. The van der Waals surface area contributed by atoms with Gasteiger partial charge in [-0.15, -0.1) is 0 Å². The van der Waals surface area contributed by atoms with E-state index in [1.165, 1.54) is 0 Å². The van der Waals surface area contributed by atoms with Crippen LogP contribution < -0.4 is 27.8 Å². The first-order chi connectivity index (χ1) is 7.99. The lowest BCUT2D eigenvalue weighted by atomic mass is 10.2. The lowest BCUT2D eigenvalue weighted by Crippen LogP contribution is -2.57. The van der Waals surface area contributed by atoms with Gasteiger partial charge in [-0.25, -0.2) is 4.79 Å². The van der Waals surface area contributed by atoms with Crippen molar-refractivity contribution < 1.29 is 9.59 Å². The first-order valence-corrected chi connectivity index (χ1v) is 5.44. The summed E-state index contributed by atoms with van der Waals surface area (Å²) in [6.45, 7) is 3.57. The van der Waals surface area contributed by atoms with Gasteiger partial charge in [-0.3, -0.25) is 4.79 Å². The maximum Gasteiger partial charge on any atom is 0.237 e. The average Bonchev–Trinajstić information content (AvgIpc) is 2.31. The SMILES string of the molecule is CC(=C=O)CNCCCNC(N)C(N)C(N)=O. The summed E-state index contributed by atoms with van der Waals surface area (Å²) in [6, 6.07) is -0.886. The molecule has 17 heavy (non-hydrogen) atoms. The smallest absolute Gasteiger partial charge is 0.237 e. The van der Waals surface area contributed by atoms with Crippen molar-refractivity contribution in [3.63, 3.8) is 0 Å². The zero-order chi connectivity index (χ0) is 13.3. The Morgan fingerprint density at radius 2 is 2.00 bits per heavy atom. The molecule has 8 N–H and O–H groups in total. The molecule has 0 saturated heterocycles. The normalized spacial score (nSPS) is 13.8. The van der Waals surface area contributed by atoms with Gasteiger partial charge in [0.25, 0.3) is 0 Å². The molecule has 7 nitrogen and oxygen atoms in total. The van der Waals surface area contributed by atoms with Crippen LogP contribution >= 0.6 is 0 Å². The van der Waals surface area contributed by atoms with Gasteiger partial charge in [-0.2, -0.15) is 0 Å². The van der Waals surface area contributed by atoms with Crippen molar-refractivity contribution in [2.75, 3.05) is 19.6 Å². The summed E-state index contributed by atoms with van der Waals surface area (Å²) in [4.78, 5) is 20.9. The highest BCUT2D eigenvalue weighted by Crippen LogP contribution is 1.84. The third kappa shape index (κ3) is 7.62. The zero-order valence-electron chi connectivity index (χ0n) is 10.0. The minimum Gasteiger partial charge on any atom is -0.368 e. The molecule has 0 aliphatic carbocycles. The summed E-state index contributed by atoms with van der Waals surface area (Å²) < 4.78 is 0. The van der Waals surface area contributed by atoms with Crippen molar-refractivity contribution in [1.82, 2.24) is 10.6 Å². The molecule has 0 aromatic carbocycles. The van der Waals surface area contributed by atoms with Gasteiger partial charge in [0.15, 0.2) is 0 Å². The molecule has 0 radical (unpaired) electrons. The predicted molar refractivity (Wildman–Crippen MR) is 65.5 cm³/mol. The zero-order valence-corrected chi connectivity index (χ0v) is 10.0. The van der Waals surface area contributed by atoms with E-state index in [4.69, 9.17) is 17.2 Å². The fourth-order valence-corrected chi connectivity index (χ4v) is 1.10. The Hall–Kier alpha value is -1.24. The third-order valence-corrected chi connectivity index (χ3v) is 2.19. The maximum absolute atomic E-state index is 10.7. The molecule has 0 aromatic rings. The second kappa shape index (κ2) is 8.86. The number of amides is 1. The molecule has 0 aliphatic heterocycles. The van der Waals surface area contributed by atoms with Gasteiger partial charge in [0.2, 0.25) is 5.91 Å². The Bertz CT molecular complexity index is 288. The van der Waals surface area contributed by atoms with Crippen molar-refractivity contribution in [3.8, 4) is 0 Å². The molecule has 7 heteroatoms. The van der Waals surface area contributed by atoms with Gasteiger partial charge >= 0.3 is 0 Å². The van der Waals surface area contributed by atoms with Gasteiger partial charge in [0, 0.05) is 12.1 Å². The van der Waals surface area contributed by atoms with E-state index < -0.39 is 18.1 Å². The van der Waals surface area contributed by atoms with Gasteiger partial charge in [0.1, 0.15) is 12.0 Å². The number of nitrogens with two attached hydrogens (primary N) is 3. The Labute approximate surface area is 101 Å². The molecular weight excluding hydrogens is 222 g/mol. The van der Waals surface area contributed by atoms with Gasteiger partial charge in [0.05, 0.1) is 6.17 Å². The molecule has 0 rings (SSSR count). The highest BCUT2D eigenvalue weighted by molar-refractivity contribution is 5.80. The molecule has 98 valence electrons. The number of carbonyl (C=O) groups is 1. The first kappa shape index (κ1) is 15.8. The quantitative estimate of drug-likeness (QED) is 0.171. The first-order valence-electron chi connectivity index (χ1n) is 5.44. The number of primary amides is 1. The minimum atomic E-state index is -0.886. The van der Waals surface area contributed by atoms with Gasteiger partial charge < -0.3 is 27.8 Å². The minimum absolute atomic E-state index is 0.524. The monoisotopic (exact) mass is 243 g/mol. The number of carbonyl (C=O) groups excluding carboxylic acids is 2. The molecule has 0 aliphatic rings. The van der Waals surface area contributed by atoms with Crippen LogP contribution in [-0.2, 0) is 9.59 Å². The predicted octanol–water partition coefficient (Wildman–Crippen LogP) is -2.57. The summed E-state index contributed by atoms with van der Waals surface area (Å²) in [5, 5.41) is 5.95. The van der Waals surface area contributed by atoms with E-state index in [1.54, 1.807) is 12.9 Å². The summed E-state index contributed by atoms with van der Waals surface area (Å²) in [7, 11) is 0. The Balaban J connectivity index is 3.52. The molecular formula is C10H21N5O2. The van der Waals surface area contributed by atoms with Crippen LogP contribution in [0.3, 0.4) is 0 Å². The molecule has 2 unspecified atom stereocenters. The van der Waals surface area contributed by atoms with E-state index in [0.717, 1.165) is 13.0 Å². The van der Waals surface area contributed by atoms with E-state index in [-0.39, 0.29) is 0 Å². The molecule has 0 bridgehead atoms. The van der Waals surface area contributed by atoms with Crippen LogP contribution in [0.15, 0.2) is 5.57 Å². The second-order valence-electron chi connectivity index (χ2n) is 3.82. The van der Waals surface area contributed by atoms with Crippen LogP contribution in [0, 0.1) is 0 Å². The highest BCUT2D eigenvalue weighted by atomic mass is 16.1. The van der Waals surface area contributed by atoms with Crippen molar-refractivity contribution in [2.24, 2.45) is 17.2 Å². The van der Waals surface area contributed by atoms with E-state index in [0.29, 0.717) is 18.7 Å². The summed E-state index contributed by atoms with van der Waals surface area (Å²) in [5.74, 6) is 1.17. The van der Waals surface area contributed by atoms with Crippen molar-refractivity contribution >= 4 is 11.8 Å². The molecule has 0 saturated carbocycles. The molecule has 0 spiro atoms. The van der Waals surface area contributed by atoms with Crippen molar-refractivity contribution in [1.29, 1.82) is 0 Å². The van der Waals surface area contributed by atoms with E-state index in [1.807, 2.05) is 0 Å². The third-order valence-electron chi connectivity index (χ3n) is 2.19. The van der Waals surface area contributed by atoms with Crippen LogP contribution in [0.4, 0.5) is 0 Å². The Kier molecular flexibility index (Phi) is 8.21. The standard InChI is InChI=1S/C10H21N5O2/c1-7(6-16)5-14-3-2-4-15-9(12)8(11)10(13)17/h8-9,14-15H,2-5,11-12H2,1H3,(H2,13,17). The molecule has 2 atom stereocenters. The van der Waals surface area contributed by atoms with E-state index in [2.05, 4.69) is 10.6 Å². The molecule has 0 fully saturated rings. The largest absolute Gasteiger partial charge is 0.368 e. The van der Waals surface area contributed by atoms with Crippen LogP contribution in [0.1, 0.15) is 13.3 Å². The second-order valence-corrected chi connectivity index (χ2v) is 3.82. The molecule has 1 amide bonds. The van der Waals surface area contributed by atoms with Crippen molar-refractivity contribution in [3.05, 3.63) is 5.57 Å². The molecule has 0 aromatic heterocycles. The number of hydrogen-bond donors (Lipinski definition) is 5. The lowest BCUT2D eigenvalue weighted by Gasteiger charge is -2.18. The van der Waals surface area contributed by atoms with Crippen molar-refractivity contribution in [2.45, 2.75) is 25.6 Å². The summed E-state index contributed by atoms with van der Waals surface area (Å²) >= 11 is 0. The van der Waals surface area contributed by atoms with Gasteiger partial charge in [-0.1, -0.05) is 0 Å². The van der Waals surface area contributed by atoms with E-state index >= 15 is 0 Å². The van der Waals surface area contributed by atoms with Crippen LogP contribution in [0.25, 0.3) is 0 Å². The maximum atomic E-state index is 10.7. The summed E-state index contributed by atoms with van der Waals surface area (Å²) in [5.41, 5.74) is 16.7. The Morgan fingerprint density at radius 1 is 1.35 bits per heavy atom. The van der Waals surface area contributed by atoms with E-state index in [9.17, 15) is 9.59 Å². The van der Waals surface area contributed by atoms with Crippen LogP contribution in [-0.4, -0.2) is 43.7 Å². The van der Waals surface area contributed by atoms with Crippen LogP contribution in [0.5, 0.6) is 0 Å². The summed E-state index contributed by atoms with van der Waals surface area (Å²) in [6.07, 6.45) is 0.162. The highest BCUT2D eigenvalue weighted by Gasteiger charge is 2.17. The number of rotatable bonds is 9. The number of hydrogen-bond acceptors (Lipinski definition) is 6. The van der Waals surface area contributed by atoms with Crippen LogP contribution in [0.2, 0.25) is 0 Å². The average molecular weight is 243 g/mol. The fourth-order valence-electron chi connectivity index (χ4n) is 1.10. The Morgan fingerprint density at radius 3 is 2.53 bits per heavy atom. The fraction of sp³-hybridized carbons (Fsp3) is 0.700. The van der Waals surface area contributed by atoms with Gasteiger partial charge in [-0.05, 0) is 26.4 Å². The topological polar surface area (TPSA) is 136 Å². The molecule has 0 heterocycles. The number of nitrogens with one attached hydrogen (secondary N) is 2.